The Balaban J connectivity index is 2.19. The monoisotopic (exact) mass is 311 g/mol. The average molecular weight is 311 g/mol. The zero-order chi connectivity index (χ0) is 14.8. The quantitative estimate of drug-likeness (QED) is 0.880. The zero-order valence-corrected chi connectivity index (χ0v) is 13.0. The molecule has 0 aliphatic heterocycles. The van der Waals surface area contributed by atoms with Crippen LogP contribution in [-0.2, 0) is 23.1 Å². The van der Waals surface area contributed by atoms with Crippen molar-refractivity contribution in [3.63, 3.8) is 0 Å². The molecule has 2 rings (SSSR count). The first-order valence-corrected chi connectivity index (χ1v) is 8.48. The van der Waals surface area contributed by atoms with Crippen molar-refractivity contribution in [1.29, 1.82) is 0 Å². The molecule has 2 heterocycles. The van der Waals surface area contributed by atoms with Crippen LogP contribution in [0.1, 0.15) is 21.7 Å². The lowest BCUT2D eigenvalue weighted by atomic mass is 10.2. The van der Waals surface area contributed by atoms with E-state index in [1.165, 1.54) is 11.3 Å². The van der Waals surface area contributed by atoms with E-state index < -0.39 is 10.0 Å². The van der Waals surface area contributed by atoms with E-state index in [-0.39, 0.29) is 13.1 Å². The van der Waals surface area contributed by atoms with E-state index >= 15 is 0 Å². The minimum atomic E-state index is -3.55. The maximum Gasteiger partial charge on any atom is 0.242 e. The van der Waals surface area contributed by atoms with Gasteiger partial charge in [0.15, 0.2) is 0 Å². The van der Waals surface area contributed by atoms with Gasteiger partial charge in [-0.15, -0.1) is 11.3 Å². The molecular weight excluding hydrogens is 294 g/mol. The second-order valence-electron chi connectivity index (χ2n) is 4.51. The third-order valence-electron chi connectivity index (χ3n) is 2.88. The number of pyridine rings is 1. The third-order valence-corrected chi connectivity index (χ3v) is 5.77. The Hall–Kier alpha value is -1.28. The number of nitrogens with two attached hydrogens (primary N) is 1. The Kier molecular flexibility index (Phi) is 4.54. The lowest BCUT2D eigenvalue weighted by Gasteiger charge is -2.08. The van der Waals surface area contributed by atoms with Gasteiger partial charge in [-0.05, 0) is 36.4 Å². The lowest BCUT2D eigenvalue weighted by Crippen LogP contribution is -2.24. The largest absolute Gasteiger partial charge is 0.326 e. The molecule has 3 N–H and O–H groups in total. The van der Waals surface area contributed by atoms with Crippen LogP contribution in [-0.4, -0.2) is 13.4 Å². The molecule has 7 heteroatoms. The number of hydrogen-bond donors (Lipinski definition) is 2. The average Bonchev–Trinajstić information content (AvgIpc) is 2.80. The summed E-state index contributed by atoms with van der Waals surface area (Å²) in [6.45, 7) is 4.10. The first-order chi connectivity index (χ1) is 9.44. The fourth-order valence-electron chi connectivity index (χ4n) is 1.84. The molecule has 0 aliphatic rings. The molecule has 0 unspecified atom stereocenters. The number of nitrogens with one attached hydrogen (secondary N) is 1. The minimum Gasteiger partial charge on any atom is -0.326 e. The molecule has 0 saturated carbocycles. The molecule has 0 amide bonds. The van der Waals surface area contributed by atoms with Crippen LogP contribution in [0.3, 0.4) is 0 Å². The van der Waals surface area contributed by atoms with Crippen LogP contribution in [0.25, 0.3) is 0 Å². The summed E-state index contributed by atoms with van der Waals surface area (Å²) >= 11 is 1.37. The van der Waals surface area contributed by atoms with E-state index in [4.69, 9.17) is 5.73 Å². The molecule has 0 saturated heterocycles. The fraction of sp³-hybridized carbons (Fsp3) is 0.308. The lowest BCUT2D eigenvalue weighted by molar-refractivity contribution is 0.580. The number of aromatic nitrogens is 1. The summed E-state index contributed by atoms with van der Waals surface area (Å²) in [6, 6.07) is 3.71. The topological polar surface area (TPSA) is 85.1 Å². The zero-order valence-electron chi connectivity index (χ0n) is 11.4. The summed E-state index contributed by atoms with van der Waals surface area (Å²) in [7, 11) is -3.55. The van der Waals surface area contributed by atoms with Crippen molar-refractivity contribution in [2.45, 2.75) is 31.8 Å². The maximum absolute atomic E-state index is 12.4. The van der Waals surface area contributed by atoms with Crippen molar-refractivity contribution in [1.82, 2.24) is 9.71 Å². The molecule has 2 aromatic rings. The Morgan fingerprint density at radius 1 is 1.35 bits per heavy atom. The van der Waals surface area contributed by atoms with Gasteiger partial charge in [-0.1, -0.05) is 6.07 Å². The van der Waals surface area contributed by atoms with E-state index in [0.717, 1.165) is 16.8 Å². The Morgan fingerprint density at radius 3 is 2.70 bits per heavy atom. The number of sulfonamides is 1. The van der Waals surface area contributed by atoms with Crippen molar-refractivity contribution in [3.8, 4) is 0 Å². The molecule has 0 fully saturated rings. The van der Waals surface area contributed by atoms with E-state index in [9.17, 15) is 8.42 Å². The highest BCUT2D eigenvalue weighted by atomic mass is 32.2. The molecule has 2 aromatic heterocycles. The summed E-state index contributed by atoms with van der Waals surface area (Å²) in [5.41, 5.74) is 8.04. The summed E-state index contributed by atoms with van der Waals surface area (Å²) in [5, 5.41) is 1.81. The van der Waals surface area contributed by atoms with Gasteiger partial charge < -0.3 is 5.73 Å². The first-order valence-electron chi connectivity index (χ1n) is 6.12. The van der Waals surface area contributed by atoms with Gasteiger partial charge in [0.1, 0.15) is 4.90 Å². The van der Waals surface area contributed by atoms with E-state index in [2.05, 4.69) is 9.71 Å². The third kappa shape index (κ3) is 3.24. The number of nitrogens with zero attached hydrogens (tertiary/aromatic N) is 1. The molecule has 0 atom stereocenters. The molecule has 5 nitrogen and oxygen atoms in total. The maximum atomic E-state index is 12.4. The van der Waals surface area contributed by atoms with Gasteiger partial charge >= 0.3 is 0 Å². The first kappa shape index (κ1) is 15.1. The van der Waals surface area contributed by atoms with Crippen LogP contribution in [0.5, 0.6) is 0 Å². The fourth-order valence-corrected chi connectivity index (χ4v) is 4.56. The smallest absolute Gasteiger partial charge is 0.242 e. The number of rotatable bonds is 5. The molecule has 0 bridgehead atoms. The van der Waals surface area contributed by atoms with Gasteiger partial charge in [0.2, 0.25) is 10.0 Å². The second-order valence-corrected chi connectivity index (χ2v) is 7.18. The number of thiophene rings is 1. The highest BCUT2D eigenvalue weighted by Crippen LogP contribution is 2.26. The highest BCUT2D eigenvalue weighted by Gasteiger charge is 2.21. The van der Waals surface area contributed by atoms with Gasteiger partial charge in [0.05, 0.1) is 0 Å². The van der Waals surface area contributed by atoms with Crippen molar-refractivity contribution in [2.24, 2.45) is 5.73 Å². The Labute approximate surface area is 122 Å². The number of hydrogen-bond acceptors (Lipinski definition) is 5. The molecule has 0 aromatic carbocycles. The van der Waals surface area contributed by atoms with Gasteiger partial charge in [-0.3, -0.25) is 4.98 Å². The van der Waals surface area contributed by atoms with E-state index in [1.807, 2.05) is 24.4 Å². The molecule has 108 valence electrons. The molecule has 0 aliphatic carbocycles. The van der Waals surface area contributed by atoms with Gasteiger partial charge in [0.25, 0.3) is 0 Å². The summed E-state index contributed by atoms with van der Waals surface area (Å²) in [5.74, 6) is 0. The van der Waals surface area contributed by atoms with Crippen molar-refractivity contribution in [2.75, 3.05) is 0 Å². The van der Waals surface area contributed by atoms with Gasteiger partial charge in [0, 0.05) is 29.9 Å². The van der Waals surface area contributed by atoms with Crippen molar-refractivity contribution >= 4 is 21.4 Å². The highest BCUT2D eigenvalue weighted by molar-refractivity contribution is 7.89. The van der Waals surface area contributed by atoms with E-state index in [1.54, 1.807) is 13.1 Å². The van der Waals surface area contributed by atoms with E-state index in [0.29, 0.717) is 9.77 Å². The molecule has 0 spiro atoms. The summed E-state index contributed by atoms with van der Waals surface area (Å²) < 4.78 is 27.3. The van der Waals surface area contributed by atoms with Crippen LogP contribution in [0.4, 0.5) is 0 Å². The summed E-state index contributed by atoms with van der Waals surface area (Å²) in [6.07, 6.45) is 1.67. The normalized spacial score (nSPS) is 11.8. The SMILES string of the molecule is Cc1ccc(CNS(=O)(=O)c2c(C)csc2CN)cn1. The van der Waals surface area contributed by atoms with Crippen molar-refractivity contribution < 1.29 is 8.42 Å². The van der Waals surface area contributed by atoms with Crippen LogP contribution >= 0.6 is 11.3 Å². The van der Waals surface area contributed by atoms with Gasteiger partial charge in [-0.2, -0.15) is 0 Å². The predicted octanol–water partition coefficient (Wildman–Crippen LogP) is 1.70. The Bertz CT molecular complexity index is 691. The summed E-state index contributed by atoms with van der Waals surface area (Å²) in [4.78, 5) is 5.13. The molecule has 0 radical (unpaired) electrons. The van der Waals surface area contributed by atoms with Crippen molar-refractivity contribution in [3.05, 3.63) is 45.4 Å². The second kappa shape index (κ2) is 6.01. The van der Waals surface area contributed by atoms with Crippen LogP contribution in [0.2, 0.25) is 0 Å². The minimum absolute atomic E-state index is 0.217. The predicted molar refractivity (Wildman–Crippen MR) is 79.9 cm³/mol. The standard InChI is InChI=1S/C13H17N3O2S2/c1-9-8-19-12(5-14)13(9)20(17,18)16-7-11-4-3-10(2)15-6-11/h3-4,6,8,16H,5,7,14H2,1-2H3. The van der Waals surface area contributed by atoms with Crippen LogP contribution < -0.4 is 10.5 Å². The number of aryl methyl sites for hydroxylation is 2. The van der Waals surface area contributed by atoms with Gasteiger partial charge in [-0.25, -0.2) is 13.1 Å². The van der Waals surface area contributed by atoms with Crippen LogP contribution in [0, 0.1) is 13.8 Å². The van der Waals surface area contributed by atoms with Crippen LogP contribution in [0.15, 0.2) is 28.6 Å². The molecule has 20 heavy (non-hydrogen) atoms. The molecular formula is C13H17N3O2S2. The Morgan fingerprint density at radius 2 is 2.10 bits per heavy atom.